The minimum absolute atomic E-state index is 0.456. The molecule has 0 bridgehead atoms. The van der Waals surface area contributed by atoms with E-state index < -0.39 is 0 Å². The molecule has 4 aromatic rings. The molecule has 0 fully saturated rings. The molecule has 1 aliphatic rings. The highest BCUT2D eigenvalue weighted by molar-refractivity contribution is 5.85. The maximum Gasteiger partial charge on any atom is 0.165 e. The quantitative estimate of drug-likeness (QED) is 0.349. The van der Waals surface area contributed by atoms with Crippen molar-refractivity contribution >= 4 is 22.6 Å². The highest BCUT2D eigenvalue weighted by atomic mass is 15.1. The van der Waals surface area contributed by atoms with Crippen LogP contribution in [0.1, 0.15) is 58.7 Å². The number of pyridine rings is 2. The summed E-state index contributed by atoms with van der Waals surface area (Å²) in [5, 5.41) is 0. The highest BCUT2D eigenvalue weighted by Gasteiger charge is 2.18. The normalized spacial score (nSPS) is 12.3. The molecule has 0 amide bonds. The monoisotopic (exact) mass is 453 g/mol. The fourth-order valence-electron chi connectivity index (χ4n) is 3.83. The average Bonchev–Trinajstić information content (AvgIpc) is 3.30. The molecular weight excluding hydrogens is 418 g/mol. The number of hydrogen-bond donors (Lipinski definition) is 1. The maximum absolute atomic E-state index is 6.21. The van der Waals surface area contributed by atoms with Gasteiger partial charge in [-0.15, -0.1) is 0 Å². The number of aryl methyl sites for hydroxylation is 1. The molecule has 0 atom stereocenters. The van der Waals surface area contributed by atoms with Crippen LogP contribution in [-0.4, -0.2) is 19.5 Å². The first-order valence-corrected chi connectivity index (χ1v) is 12.3. The second kappa shape index (κ2) is 11.9. The van der Waals surface area contributed by atoms with Gasteiger partial charge in [-0.05, 0) is 66.8 Å². The van der Waals surface area contributed by atoms with Gasteiger partial charge in [0.05, 0.1) is 11.3 Å². The Morgan fingerprint density at radius 2 is 1.68 bits per heavy atom. The van der Waals surface area contributed by atoms with Gasteiger partial charge in [-0.1, -0.05) is 65.0 Å². The summed E-state index contributed by atoms with van der Waals surface area (Å²) in [4.78, 5) is 14.2. The van der Waals surface area contributed by atoms with E-state index in [2.05, 4.69) is 59.0 Å². The third-order valence-corrected chi connectivity index (χ3v) is 5.48. The summed E-state index contributed by atoms with van der Waals surface area (Å²) in [7, 11) is 0. The Morgan fingerprint density at radius 1 is 0.912 bits per heavy atom. The molecule has 3 heterocycles. The van der Waals surface area contributed by atoms with Crippen LogP contribution >= 0.6 is 0 Å². The van der Waals surface area contributed by atoms with Crippen molar-refractivity contribution in [1.82, 2.24) is 19.5 Å². The molecule has 1 aliphatic carbocycles. The predicted molar refractivity (Wildman–Crippen MR) is 145 cm³/mol. The summed E-state index contributed by atoms with van der Waals surface area (Å²) in [6.45, 7) is 10.2. The first-order valence-electron chi connectivity index (χ1n) is 12.3. The summed E-state index contributed by atoms with van der Waals surface area (Å²) < 4.78 is 2.08. The Morgan fingerprint density at radius 3 is 2.32 bits per heavy atom. The van der Waals surface area contributed by atoms with Crippen molar-refractivity contribution in [2.45, 2.75) is 53.9 Å². The van der Waals surface area contributed by atoms with Gasteiger partial charge in [-0.3, -0.25) is 4.57 Å². The van der Waals surface area contributed by atoms with Crippen LogP contribution in [0, 0.1) is 0 Å². The van der Waals surface area contributed by atoms with Gasteiger partial charge in [0, 0.05) is 11.9 Å². The van der Waals surface area contributed by atoms with Crippen LogP contribution in [0.4, 0.5) is 5.82 Å². The number of anilines is 1. The van der Waals surface area contributed by atoms with E-state index in [0.717, 1.165) is 58.8 Å². The molecule has 2 N–H and O–H groups in total. The topological polar surface area (TPSA) is 69.6 Å². The molecule has 176 valence electrons. The van der Waals surface area contributed by atoms with E-state index >= 15 is 0 Å². The third kappa shape index (κ3) is 5.09. The van der Waals surface area contributed by atoms with Gasteiger partial charge in [0.2, 0.25) is 0 Å². The van der Waals surface area contributed by atoms with Crippen molar-refractivity contribution in [2.75, 3.05) is 5.73 Å². The fourth-order valence-corrected chi connectivity index (χ4v) is 3.83. The number of rotatable bonds is 4. The fraction of sp³-hybridized carbons (Fsp3) is 0.276. The van der Waals surface area contributed by atoms with Crippen molar-refractivity contribution in [3.8, 4) is 17.1 Å². The molecule has 0 unspecified atom stereocenters. The zero-order valence-corrected chi connectivity index (χ0v) is 20.9. The molecule has 5 heteroatoms. The van der Waals surface area contributed by atoms with Gasteiger partial charge in [0.15, 0.2) is 11.5 Å². The second-order valence-electron chi connectivity index (χ2n) is 7.41. The maximum atomic E-state index is 6.21. The Balaban J connectivity index is 0.000000771. The number of benzene rings is 1. The molecule has 0 spiro atoms. The van der Waals surface area contributed by atoms with Crippen molar-refractivity contribution < 1.29 is 0 Å². The zero-order valence-electron chi connectivity index (χ0n) is 20.9. The molecule has 0 radical (unpaired) electrons. The summed E-state index contributed by atoms with van der Waals surface area (Å²) in [6, 6.07) is 16.4. The molecule has 5 rings (SSSR count). The number of nitrogens with zero attached hydrogens (tertiary/aromatic N) is 4. The second-order valence-corrected chi connectivity index (χ2v) is 7.41. The SMILES string of the molecule is CC.CC.CCc1ccc(-n2c(-c3cccnc3N)nc3ccc(C4=CCCC=C4)nc32)cc1. The Labute approximate surface area is 203 Å². The molecule has 1 aromatic carbocycles. The standard InChI is InChI=1S/C25H23N5.2C2H6/c1-2-17-10-12-19(13-11-17)30-24(20-9-6-16-27-23(20)26)29-22-15-14-21(28-25(22)30)18-7-4-3-5-8-18;2*1-2/h4,6-16H,2-3,5H2,1H3,(H2,26,27);2*1-2H3. The number of allylic oxidation sites excluding steroid dienone is 4. The summed E-state index contributed by atoms with van der Waals surface area (Å²) in [5.74, 6) is 1.20. The number of hydrogen-bond acceptors (Lipinski definition) is 4. The number of fused-ring (bicyclic) bond motifs is 1. The number of imidazole rings is 1. The smallest absolute Gasteiger partial charge is 0.165 e. The van der Waals surface area contributed by atoms with E-state index in [4.69, 9.17) is 15.7 Å². The number of nitrogen functional groups attached to an aromatic ring is 1. The lowest BCUT2D eigenvalue weighted by molar-refractivity contribution is 1.03. The van der Waals surface area contributed by atoms with Gasteiger partial charge >= 0.3 is 0 Å². The number of nitrogens with two attached hydrogens (primary N) is 1. The molecule has 34 heavy (non-hydrogen) atoms. The van der Waals surface area contributed by atoms with Gasteiger partial charge in [-0.2, -0.15) is 0 Å². The van der Waals surface area contributed by atoms with Crippen LogP contribution in [0.15, 0.2) is 73.0 Å². The lowest BCUT2D eigenvalue weighted by Crippen LogP contribution is -2.02. The summed E-state index contributed by atoms with van der Waals surface area (Å²) >= 11 is 0. The largest absolute Gasteiger partial charge is 0.383 e. The van der Waals surface area contributed by atoms with Crippen LogP contribution in [0.2, 0.25) is 0 Å². The summed E-state index contributed by atoms with van der Waals surface area (Å²) in [5.41, 5.74) is 13.1. The van der Waals surface area contributed by atoms with Crippen LogP contribution in [0.25, 0.3) is 33.8 Å². The van der Waals surface area contributed by atoms with Crippen LogP contribution in [0.3, 0.4) is 0 Å². The lowest BCUT2D eigenvalue weighted by atomic mass is 10.0. The molecule has 5 nitrogen and oxygen atoms in total. The van der Waals surface area contributed by atoms with Gasteiger partial charge in [-0.25, -0.2) is 15.0 Å². The van der Waals surface area contributed by atoms with Gasteiger partial charge in [0.1, 0.15) is 11.3 Å². The Bertz CT molecular complexity index is 1280. The molecule has 3 aromatic heterocycles. The molecule has 0 aliphatic heterocycles. The lowest BCUT2D eigenvalue weighted by Gasteiger charge is -2.12. The molecule has 0 saturated heterocycles. The predicted octanol–water partition coefficient (Wildman–Crippen LogP) is 7.41. The first kappa shape index (κ1) is 24.9. The van der Waals surface area contributed by atoms with E-state index in [1.54, 1.807) is 6.20 Å². The number of aromatic nitrogens is 4. The summed E-state index contributed by atoms with van der Waals surface area (Å²) in [6.07, 6.45) is 11.4. The highest BCUT2D eigenvalue weighted by Crippen LogP contribution is 2.31. The van der Waals surface area contributed by atoms with Crippen molar-refractivity contribution in [3.05, 3.63) is 84.2 Å². The minimum Gasteiger partial charge on any atom is -0.383 e. The van der Waals surface area contributed by atoms with Gasteiger partial charge in [0.25, 0.3) is 0 Å². The van der Waals surface area contributed by atoms with E-state index in [-0.39, 0.29) is 0 Å². The van der Waals surface area contributed by atoms with Gasteiger partial charge < -0.3 is 5.73 Å². The molecule has 0 saturated carbocycles. The van der Waals surface area contributed by atoms with Crippen LogP contribution < -0.4 is 5.73 Å². The third-order valence-electron chi connectivity index (χ3n) is 5.48. The van der Waals surface area contributed by atoms with E-state index in [9.17, 15) is 0 Å². The van der Waals surface area contributed by atoms with Crippen LogP contribution in [0.5, 0.6) is 0 Å². The van der Waals surface area contributed by atoms with E-state index in [0.29, 0.717) is 5.82 Å². The molecular formula is C29H35N5. The van der Waals surface area contributed by atoms with E-state index in [1.807, 2.05) is 52.0 Å². The first-order chi connectivity index (χ1) is 16.7. The Kier molecular flexibility index (Phi) is 8.74. The van der Waals surface area contributed by atoms with Crippen molar-refractivity contribution in [2.24, 2.45) is 0 Å². The van der Waals surface area contributed by atoms with Crippen LogP contribution in [-0.2, 0) is 6.42 Å². The van der Waals surface area contributed by atoms with Crippen molar-refractivity contribution in [1.29, 1.82) is 0 Å². The average molecular weight is 454 g/mol. The Hall–Kier alpha value is -3.73. The van der Waals surface area contributed by atoms with Crippen molar-refractivity contribution in [3.63, 3.8) is 0 Å². The zero-order chi connectivity index (χ0) is 24.5. The van der Waals surface area contributed by atoms with E-state index in [1.165, 1.54) is 5.56 Å². The minimum atomic E-state index is 0.456.